The van der Waals surface area contributed by atoms with Crippen molar-refractivity contribution in [1.82, 2.24) is 9.62 Å². The lowest BCUT2D eigenvalue weighted by molar-refractivity contribution is 0.0784. The molecule has 118 valence electrons. The van der Waals surface area contributed by atoms with E-state index in [1.807, 2.05) is 16.8 Å². The molecule has 7 heteroatoms. The average Bonchev–Trinajstić information content (AvgIpc) is 2.99. The number of aryl methyl sites for hydroxylation is 1. The largest absolute Gasteiger partial charge is 0.337 e. The van der Waals surface area contributed by atoms with E-state index in [4.69, 9.17) is 0 Å². The van der Waals surface area contributed by atoms with Gasteiger partial charge >= 0.3 is 0 Å². The SMILES string of the molecule is CNS(=O)(=O)c1ccc(C)c(C(=O)N(C)Cc2ccsc2)c1. The molecule has 1 N–H and O–H groups in total. The molecule has 0 fully saturated rings. The van der Waals surface area contributed by atoms with Gasteiger partial charge in [-0.25, -0.2) is 13.1 Å². The lowest BCUT2D eigenvalue weighted by atomic mass is 10.1. The van der Waals surface area contributed by atoms with Crippen molar-refractivity contribution in [1.29, 1.82) is 0 Å². The summed E-state index contributed by atoms with van der Waals surface area (Å²) in [6.07, 6.45) is 0. The molecule has 0 radical (unpaired) electrons. The van der Waals surface area contributed by atoms with E-state index in [2.05, 4.69) is 4.72 Å². The van der Waals surface area contributed by atoms with Gasteiger partial charge in [-0.05, 0) is 54.1 Å². The van der Waals surface area contributed by atoms with Gasteiger partial charge in [0.2, 0.25) is 10.0 Å². The Balaban J connectivity index is 2.31. The highest BCUT2D eigenvalue weighted by atomic mass is 32.2. The van der Waals surface area contributed by atoms with E-state index in [0.717, 1.165) is 11.1 Å². The Morgan fingerprint density at radius 1 is 1.32 bits per heavy atom. The van der Waals surface area contributed by atoms with Crippen molar-refractivity contribution >= 4 is 27.3 Å². The number of sulfonamides is 1. The highest BCUT2D eigenvalue weighted by molar-refractivity contribution is 7.89. The molecule has 0 aliphatic carbocycles. The summed E-state index contributed by atoms with van der Waals surface area (Å²) in [4.78, 5) is 14.2. The van der Waals surface area contributed by atoms with Crippen molar-refractivity contribution in [3.8, 4) is 0 Å². The molecule has 0 saturated carbocycles. The average molecular weight is 338 g/mol. The van der Waals surface area contributed by atoms with Gasteiger partial charge in [0.15, 0.2) is 0 Å². The van der Waals surface area contributed by atoms with E-state index in [1.54, 1.807) is 36.3 Å². The molecule has 0 spiro atoms. The van der Waals surface area contributed by atoms with Crippen LogP contribution in [-0.4, -0.2) is 33.3 Å². The van der Waals surface area contributed by atoms with Crippen LogP contribution in [0.4, 0.5) is 0 Å². The third-order valence-corrected chi connectivity index (χ3v) is 5.51. The Morgan fingerprint density at radius 3 is 2.64 bits per heavy atom. The second-order valence-electron chi connectivity index (χ2n) is 4.98. The first-order chi connectivity index (χ1) is 10.3. The van der Waals surface area contributed by atoms with Gasteiger partial charge in [-0.15, -0.1) is 0 Å². The zero-order chi connectivity index (χ0) is 16.3. The minimum Gasteiger partial charge on any atom is -0.337 e. The summed E-state index contributed by atoms with van der Waals surface area (Å²) in [5.41, 5.74) is 2.20. The fourth-order valence-electron chi connectivity index (χ4n) is 2.05. The van der Waals surface area contributed by atoms with E-state index >= 15 is 0 Å². The Hall–Kier alpha value is -1.70. The fraction of sp³-hybridized carbons (Fsp3) is 0.267. The number of nitrogens with one attached hydrogen (secondary N) is 1. The molecule has 2 aromatic rings. The third-order valence-electron chi connectivity index (χ3n) is 3.37. The molecule has 1 heterocycles. The standard InChI is InChI=1S/C15H18N2O3S2/c1-11-4-5-13(22(19,20)16-2)8-14(11)15(18)17(3)9-12-6-7-21-10-12/h4-8,10,16H,9H2,1-3H3. The normalized spacial score (nSPS) is 11.4. The highest BCUT2D eigenvalue weighted by Crippen LogP contribution is 2.18. The van der Waals surface area contributed by atoms with Gasteiger partial charge < -0.3 is 4.90 Å². The first-order valence-electron chi connectivity index (χ1n) is 6.66. The van der Waals surface area contributed by atoms with Crippen molar-refractivity contribution in [2.24, 2.45) is 0 Å². The van der Waals surface area contributed by atoms with Crippen LogP contribution in [0, 0.1) is 6.92 Å². The first kappa shape index (κ1) is 16.7. The number of benzene rings is 1. The van der Waals surface area contributed by atoms with Gasteiger partial charge in [0.25, 0.3) is 5.91 Å². The summed E-state index contributed by atoms with van der Waals surface area (Å²) in [5, 5.41) is 3.94. The maximum Gasteiger partial charge on any atom is 0.254 e. The van der Waals surface area contributed by atoms with Gasteiger partial charge in [-0.3, -0.25) is 4.79 Å². The van der Waals surface area contributed by atoms with Crippen LogP contribution in [0.25, 0.3) is 0 Å². The molecule has 0 aliphatic rings. The van der Waals surface area contributed by atoms with E-state index < -0.39 is 10.0 Å². The van der Waals surface area contributed by atoms with Crippen LogP contribution in [0.2, 0.25) is 0 Å². The summed E-state index contributed by atoms with van der Waals surface area (Å²) in [7, 11) is -0.512. The zero-order valence-corrected chi connectivity index (χ0v) is 14.3. The number of carbonyl (C=O) groups excluding carboxylic acids is 1. The monoisotopic (exact) mass is 338 g/mol. The molecule has 22 heavy (non-hydrogen) atoms. The number of hydrogen-bond acceptors (Lipinski definition) is 4. The number of thiophene rings is 1. The van der Waals surface area contributed by atoms with Gasteiger partial charge in [0, 0.05) is 19.2 Å². The minimum absolute atomic E-state index is 0.0906. The minimum atomic E-state index is -3.57. The van der Waals surface area contributed by atoms with Crippen LogP contribution in [-0.2, 0) is 16.6 Å². The molecule has 1 aromatic carbocycles. The van der Waals surface area contributed by atoms with Crippen LogP contribution in [0.15, 0.2) is 39.9 Å². The Morgan fingerprint density at radius 2 is 2.05 bits per heavy atom. The van der Waals surface area contributed by atoms with E-state index in [0.29, 0.717) is 12.1 Å². The molecular weight excluding hydrogens is 320 g/mol. The van der Waals surface area contributed by atoms with E-state index in [9.17, 15) is 13.2 Å². The van der Waals surface area contributed by atoms with Gasteiger partial charge in [0.05, 0.1) is 4.90 Å². The first-order valence-corrected chi connectivity index (χ1v) is 9.08. The fourth-order valence-corrected chi connectivity index (χ4v) is 3.47. The Bertz CT molecular complexity index is 768. The lowest BCUT2D eigenvalue weighted by Crippen LogP contribution is -2.27. The molecule has 5 nitrogen and oxygen atoms in total. The summed E-state index contributed by atoms with van der Waals surface area (Å²) < 4.78 is 26.0. The second kappa shape index (κ2) is 6.60. The summed E-state index contributed by atoms with van der Waals surface area (Å²) in [5.74, 6) is -0.197. The molecule has 0 aliphatic heterocycles. The van der Waals surface area contributed by atoms with Crippen LogP contribution in [0.3, 0.4) is 0 Å². The number of nitrogens with zero attached hydrogens (tertiary/aromatic N) is 1. The van der Waals surface area contributed by atoms with Crippen LogP contribution in [0.5, 0.6) is 0 Å². The van der Waals surface area contributed by atoms with Crippen molar-refractivity contribution in [2.45, 2.75) is 18.4 Å². The third kappa shape index (κ3) is 3.55. The number of rotatable bonds is 5. The predicted molar refractivity (Wildman–Crippen MR) is 87.5 cm³/mol. The van der Waals surface area contributed by atoms with Crippen molar-refractivity contribution < 1.29 is 13.2 Å². The van der Waals surface area contributed by atoms with Gasteiger partial charge in [0.1, 0.15) is 0 Å². The Labute approximate surface area is 134 Å². The molecular formula is C15H18N2O3S2. The number of hydrogen-bond donors (Lipinski definition) is 1. The van der Waals surface area contributed by atoms with Crippen molar-refractivity contribution in [2.75, 3.05) is 14.1 Å². The second-order valence-corrected chi connectivity index (χ2v) is 7.64. The zero-order valence-electron chi connectivity index (χ0n) is 12.7. The predicted octanol–water partition coefficient (Wildman–Crippen LogP) is 2.24. The van der Waals surface area contributed by atoms with Crippen LogP contribution < -0.4 is 4.72 Å². The van der Waals surface area contributed by atoms with Gasteiger partial charge in [-0.1, -0.05) is 6.07 Å². The maximum atomic E-state index is 12.6. The lowest BCUT2D eigenvalue weighted by Gasteiger charge is -2.18. The summed E-state index contributed by atoms with van der Waals surface area (Å²) in [6.45, 7) is 2.28. The maximum absolute atomic E-state index is 12.6. The summed E-state index contributed by atoms with van der Waals surface area (Å²) >= 11 is 1.58. The van der Waals surface area contributed by atoms with Gasteiger partial charge in [-0.2, -0.15) is 11.3 Å². The molecule has 2 rings (SSSR count). The van der Waals surface area contributed by atoms with E-state index in [-0.39, 0.29) is 10.8 Å². The molecule has 0 atom stereocenters. The molecule has 1 aromatic heterocycles. The van der Waals surface area contributed by atoms with Crippen molar-refractivity contribution in [3.63, 3.8) is 0 Å². The molecule has 1 amide bonds. The van der Waals surface area contributed by atoms with Crippen LogP contribution in [0.1, 0.15) is 21.5 Å². The Kier molecular flexibility index (Phi) is 5.00. The number of carbonyl (C=O) groups is 1. The number of amides is 1. The molecule has 0 bridgehead atoms. The van der Waals surface area contributed by atoms with Crippen LogP contribution >= 0.6 is 11.3 Å². The molecule has 0 saturated heterocycles. The van der Waals surface area contributed by atoms with Crippen molar-refractivity contribution in [3.05, 3.63) is 51.7 Å². The van der Waals surface area contributed by atoms with E-state index in [1.165, 1.54) is 19.2 Å². The topological polar surface area (TPSA) is 66.5 Å². The quantitative estimate of drug-likeness (QED) is 0.909. The summed E-state index contributed by atoms with van der Waals surface area (Å²) in [6, 6.07) is 6.53. The molecule has 0 unspecified atom stereocenters. The highest BCUT2D eigenvalue weighted by Gasteiger charge is 2.19. The smallest absolute Gasteiger partial charge is 0.254 e.